The SMILES string of the molecule is Cc1ccc(C(O)C2CCS(=O)(=O)C2)cc1Br. The number of rotatable bonds is 2. The van der Waals surface area contributed by atoms with Crippen molar-refractivity contribution in [1.82, 2.24) is 0 Å². The highest BCUT2D eigenvalue weighted by Crippen LogP contribution is 2.32. The number of benzene rings is 1. The van der Waals surface area contributed by atoms with Crippen molar-refractivity contribution in [3.05, 3.63) is 33.8 Å². The van der Waals surface area contributed by atoms with Crippen molar-refractivity contribution in [3.63, 3.8) is 0 Å². The monoisotopic (exact) mass is 318 g/mol. The number of hydrogen-bond acceptors (Lipinski definition) is 3. The maximum absolute atomic E-state index is 11.4. The third kappa shape index (κ3) is 2.89. The van der Waals surface area contributed by atoms with Crippen LogP contribution in [0.4, 0.5) is 0 Å². The van der Waals surface area contributed by atoms with Crippen LogP contribution in [0.25, 0.3) is 0 Å². The van der Waals surface area contributed by atoms with Crippen molar-refractivity contribution in [1.29, 1.82) is 0 Å². The molecule has 1 heterocycles. The predicted octanol–water partition coefficient (Wildman–Crippen LogP) is 2.23. The average molecular weight is 319 g/mol. The lowest BCUT2D eigenvalue weighted by molar-refractivity contribution is 0.121. The van der Waals surface area contributed by atoms with Crippen LogP contribution in [0.3, 0.4) is 0 Å². The van der Waals surface area contributed by atoms with Gasteiger partial charge in [0.05, 0.1) is 17.6 Å². The minimum absolute atomic E-state index is 0.0969. The molecular weight excluding hydrogens is 304 g/mol. The van der Waals surface area contributed by atoms with Crippen molar-refractivity contribution in [2.45, 2.75) is 19.4 Å². The smallest absolute Gasteiger partial charge is 0.150 e. The molecule has 1 aliphatic heterocycles. The summed E-state index contributed by atoms with van der Waals surface area (Å²) in [6.07, 6.45) is -0.140. The molecule has 0 amide bonds. The van der Waals surface area contributed by atoms with E-state index in [-0.39, 0.29) is 17.4 Å². The van der Waals surface area contributed by atoms with Gasteiger partial charge in [0.25, 0.3) is 0 Å². The standard InChI is InChI=1S/C12H15BrO3S/c1-8-2-3-9(6-11(8)13)12(14)10-4-5-17(15,16)7-10/h2-3,6,10,12,14H,4-5,7H2,1H3. The Balaban J connectivity index is 2.20. The Kier molecular flexibility index (Phi) is 3.61. The van der Waals surface area contributed by atoms with Crippen molar-refractivity contribution >= 4 is 25.8 Å². The molecule has 0 aromatic heterocycles. The van der Waals surface area contributed by atoms with Gasteiger partial charge in [0.15, 0.2) is 9.84 Å². The van der Waals surface area contributed by atoms with Crippen molar-refractivity contribution in [3.8, 4) is 0 Å². The van der Waals surface area contributed by atoms with Crippen LogP contribution in [0.5, 0.6) is 0 Å². The number of aliphatic hydroxyl groups excluding tert-OH is 1. The fourth-order valence-corrected chi connectivity index (χ4v) is 4.36. The van der Waals surface area contributed by atoms with Gasteiger partial charge in [-0.25, -0.2) is 8.42 Å². The predicted molar refractivity (Wildman–Crippen MR) is 70.6 cm³/mol. The molecule has 1 saturated heterocycles. The van der Waals surface area contributed by atoms with Crippen LogP contribution in [0.15, 0.2) is 22.7 Å². The average Bonchev–Trinajstić information content (AvgIpc) is 2.62. The molecule has 17 heavy (non-hydrogen) atoms. The quantitative estimate of drug-likeness (QED) is 0.909. The van der Waals surface area contributed by atoms with Crippen LogP contribution in [-0.2, 0) is 9.84 Å². The van der Waals surface area contributed by atoms with Crippen LogP contribution in [0, 0.1) is 12.8 Å². The van der Waals surface area contributed by atoms with Crippen molar-refractivity contribution in [2.75, 3.05) is 11.5 Å². The van der Waals surface area contributed by atoms with E-state index in [2.05, 4.69) is 15.9 Å². The van der Waals surface area contributed by atoms with Crippen LogP contribution >= 0.6 is 15.9 Å². The van der Waals surface area contributed by atoms with Crippen LogP contribution in [0.2, 0.25) is 0 Å². The Bertz CT molecular complexity index is 525. The second-order valence-electron chi connectivity index (χ2n) is 4.62. The summed E-state index contributed by atoms with van der Waals surface area (Å²) in [5, 5.41) is 10.2. The van der Waals surface area contributed by atoms with Gasteiger partial charge in [-0.3, -0.25) is 0 Å². The second-order valence-corrected chi connectivity index (χ2v) is 7.70. The molecule has 2 unspecified atom stereocenters. The maximum Gasteiger partial charge on any atom is 0.150 e. The molecular formula is C12H15BrO3S. The van der Waals surface area contributed by atoms with Crippen LogP contribution < -0.4 is 0 Å². The molecule has 94 valence electrons. The molecule has 3 nitrogen and oxygen atoms in total. The van der Waals surface area contributed by atoms with Gasteiger partial charge in [-0.05, 0) is 30.5 Å². The summed E-state index contributed by atoms with van der Waals surface area (Å²) >= 11 is 3.42. The van der Waals surface area contributed by atoms with Crippen molar-refractivity contribution in [2.24, 2.45) is 5.92 Å². The Labute approximate surface area is 110 Å². The molecule has 0 radical (unpaired) electrons. The summed E-state index contributed by atoms with van der Waals surface area (Å²) in [5.41, 5.74) is 1.88. The fraction of sp³-hybridized carbons (Fsp3) is 0.500. The van der Waals surface area contributed by atoms with E-state index in [9.17, 15) is 13.5 Å². The lowest BCUT2D eigenvalue weighted by atomic mass is 9.95. The zero-order valence-electron chi connectivity index (χ0n) is 9.56. The summed E-state index contributed by atoms with van der Waals surface area (Å²) in [6.45, 7) is 1.97. The lowest BCUT2D eigenvalue weighted by Crippen LogP contribution is -2.14. The number of sulfone groups is 1. The van der Waals surface area contributed by atoms with Crippen molar-refractivity contribution < 1.29 is 13.5 Å². The van der Waals surface area contributed by atoms with Gasteiger partial charge < -0.3 is 5.11 Å². The molecule has 1 aromatic carbocycles. The van der Waals surface area contributed by atoms with Gasteiger partial charge in [0.2, 0.25) is 0 Å². The summed E-state index contributed by atoms with van der Waals surface area (Å²) in [7, 11) is -2.94. The second kappa shape index (κ2) is 4.71. The molecule has 2 rings (SSSR count). The summed E-state index contributed by atoms with van der Waals surface area (Å²) < 4.78 is 23.7. The van der Waals surface area contributed by atoms with E-state index in [0.717, 1.165) is 15.6 Å². The number of hydrogen-bond donors (Lipinski definition) is 1. The Morgan fingerprint density at radius 2 is 2.18 bits per heavy atom. The topological polar surface area (TPSA) is 54.4 Å². The minimum Gasteiger partial charge on any atom is -0.388 e. The summed E-state index contributed by atoms with van der Waals surface area (Å²) in [6, 6.07) is 5.65. The van der Waals surface area contributed by atoms with Gasteiger partial charge in [-0.2, -0.15) is 0 Å². The van der Waals surface area contributed by atoms with E-state index < -0.39 is 15.9 Å². The zero-order valence-corrected chi connectivity index (χ0v) is 12.0. The number of halogens is 1. The van der Waals surface area contributed by atoms with E-state index >= 15 is 0 Å². The van der Waals surface area contributed by atoms with Crippen LogP contribution in [-0.4, -0.2) is 25.0 Å². The first-order valence-electron chi connectivity index (χ1n) is 5.53. The highest BCUT2D eigenvalue weighted by Gasteiger charge is 2.33. The maximum atomic E-state index is 11.4. The number of aliphatic hydroxyl groups is 1. The van der Waals surface area contributed by atoms with Gasteiger partial charge in [-0.15, -0.1) is 0 Å². The molecule has 0 saturated carbocycles. The molecule has 1 aliphatic rings. The summed E-state index contributed by atoms with van der Waals surface area (Å²) in [4.78, 5) is 0. The lowest BCUT2D eigenvalue weighted by Gasteiger charge is -2.17. The minimum atomic E-state index is -2.94. The molecule has 5 heteroatoms. The number of aryl methyl sites for hydroxylation is 1. The van der Waals surface area contributed by atoms with Gasteiger partial charge >= 0.3 is 0 Å². The Morgan fingerprint density at radius 3 is 2.71 bits per heavy atom. The Morgan fingerprint density at radius 1 is 1.47 bits per heavy atom. The van der Waals surface area contributed by atoms with Gasteiger partial charge in [-0.1, -0.05) is 28.1 Å². The third-order valence-corrected chi connectivity index (χ3v) is 5.90. The van der Waals surface area contributed by atoms with E-state index in [4.69, 9.17) is 0 Å². The van der Waals surface area contributed by atoms with E-state index in [1.54, 1.807) is 0 Å². The molecule has 2 atom stereocenters. The van der Waals surface area contributed by atoms with E-state index in [0.29, 0.717) is 6.42 Å². The Hall–Kier alpha value is -0.390. The first-order valence-corrected chi connectivity index (χ1v) is 8.15. The molecule has 1 N–H and O–H groups in total. The molecule has 0 spiro atoms. The normalized spacial score (nSPS) is 24.8. The highest BCUT2D eigenvalue weighted by molar-refractivity contribution is 9.10. The van der Waals surface area contributed by atoms with E-state index in [1.807, 2.05) is 25.1 Å². The zero-order chi connectivity index (χ0) is 12.6. The van der Waals surface area contributed by atoms with Gasteiger partial charge in [0.1, 0.15) is 0 Å². The summed E-state index contributed by atoms with van der Waals surface area (Å²) in [5.74, 6) is 0.121. The van der Waals surface area contributed by atoms with Gasteiger partial charge in [0, 0.05) is 10.4 Å². The molecule has 1 aromatic rings. The fourth-order valence-electron chi connectivity index (χ4n) is 2.14. The van der Waals surface area contributed by atoms with Crippen LogP contribution in [0.1, 0.15) is 23.7 Å². The first-order chi connectivity index (χ1) is 7.89. The first kappa shape index (κ1) is 13.1. The highest BCUT2D eigenvalue weighted by atomic mass is 79.9. The largest absolute Gasteiger partial charge is 0.388 e. The molecule has 0 bridgehead atoms. The third-order valence-electron chi connectivity index (χ3n) is 3.25. The van der Waals surface area contributed by atoms with E-state index in [1.165, 1.54) is 0 Å². The molecule has 1 fully saturated rings. The molecule has 0 aliphatic carbocycles.